The van der Waals surface area contributed by atoms with Crippen molar-refractivity contribution in [2.24, 2.45) is 11.3 Å². The van der Waals surface area contributed by atoms with Crippen molar-refractivity contribution in [2.75, 3.05) is 44.2 Å². The first-order valence-electron chi connectivity index (χ1n) is 30.3. The third kappa shape index (κ3) is 25.3. The van der Waals surface area contributed by atoms with Gasteiger partial charge in [0.2, 0.25) is 0 Å². The van der Waals surface area contributed by atoms with E-state index in [1.165, 1.54) is 147 Å². The third-order valence-corrected chi connectivity index (χ3v) is 16.1. The number of anilines is 1. The molecule has 1 N–H and O–H groups in total. The molecular formula is C67H109N5O2S. The highest BCUT2D eigenvalue weighted by molar-refractivity contribution is 8.00. The monoisotopic (exact) mass is 1050 g/mol. The van der Waals surface area contributed by atoms with E-state index in [9.17, 15) is 4.79 Å². The molecule has 75 heavy (non-hydrogen) atoms. The van der Waals surface area contributed by atoms with Crippen molar-refractivity contribution in [1.82, 2.24) is 20.1 Å². The third-order valence-electron chi connectivity index (χ3n) is 15.1. The Labute approximate surface area is 465 Å². The van der Waals surface area contributed by atoms with Crippen LogP contribution in [-0.4, -0.2) is 88.7 Å². The van der Waals surface area contributed by atoms with Gasteiger partial charge in [0.25, 0.3) is 5.22 Å². The van der Waals surface area contributed by atoms with Crippen LogP contribution in [0.5, 0.6) is 0 Å². The second kappa shape index (κ2) is 34.5. The van der Waals surface area contributed by atoms with Gasteiger partial charge in [0.15, 0.2) is 5.76 Å². The topological polar surface area (TPSA) is 64.9 Å². The summed E-state index contributed by atoms with van der Waals surface area (Å²) in [5.74, 6) is 2.11. The number of aryl methyl sites for hydroxylation is 1. The zero-order chi connectivity index (χ0) is 54.6. The summed E-state index contributed by atoms with van der Waals surface area (Å²) >= 11 is 1.65. The Kier molecular flexibility index (Phi) is 29.4. The lowest BCUT2D eigenvalue weighted by atomic mass is 9.76. The van der Waals surface area contributed by atoms with Crippen LogP contribution in [0.4, 0.5) is 5.69 Å². The zero-order valence-electron chi connectivity index (χ0n) is 50.2. The van der Waals surface area contributed by atoms with Crippen LogP contribution < -0.4 is 10.2 Å². The van der Waals surface area contributed by atoms with Gasteiger partial charge in [-0.2, -0.15) is 0 Å². The van der Waals surface area contributed by atoms with Crippen LogP contribution in [0.2, 0.25) is 0 Å². The summed E-state index contributed by atoms with van der Waals surface area (Å²) < 4.78 is 6.15. The van der Waals surface area contributed by atoms with Crippen LogP contribution in [0.1, 0.15) is 211 Å². The number of thioether (sulfide) groups is 1. The molecule has 0 unspecified atom stereocenters. The average Bonchev–Trinajstić information content (AvgIpc) is 3.81. The van der Waals surface area contributed by atoms with Crippen LogP contribution in [0, 0.1) is 18.3 Å². The molecule has 4 aromatic rings. The fraction of sp³-hybridized carbons (Fsp3) is 0.672. The molecule has 0 radical (unpaired) electrons. The lowest BCUT2D eigenvalue weighted by Gasteiger charge is -2.40. The van der Waals surface area contributed by atoms with Crippen molar-refractivity contribution in [3.63, 3.8) is 0 Å². The lowest BCUT2D eigenvalue weighted by Crippen LogP contribution is -2.52. The number of fused-ring (bicyclic) bond motifs is 1. The van der Waals surface area contributed by atoms with Gasteiger partial charge in [-0.1, -0.05) is 223 Å². The minimum absolute atomic E-state index is 0.0623. The number of hydrogen-bond donors (Lipinski definition) is 1. The van der Waals surface area contributed by atoms with Crippen molar-refractivity contribution in [1.29, 1.82) is 0 Å². The molecule has 0 amide bonds. The van der Waals surface area contributed by atoms with Crippen molar-refractivity contribution >= 4 is 23.2 Å². The fourth-order valence-corrected chi connectivity index (χ4v) is 11.4. The van der Waals surface area contributed by atoms with E-state index >= 15 is 0 Å². The summed E-state index contributed by atoms with van der Waals surface area (Å²) in [6.45, 7) is 36.2. The summed E-state index contributed by atoms with van der Waals surface area (Å²) in [5, 5.41) is 4.34. The maximum Gasteiger partial charge on any atom is 0.257 e. The van der Waals surface area contributed by atoms with Gasteiger partial charge in [-0.3, -0.25) is 9.69 Å². The number of unbranched alkanes of at least 4 members (excludes halogenated alkanes) is 10. The predicted octanol–water partition coefficient (Wildman–Crippen LogP) is 18.1. The van der Waals surface area contributed by atoms with E-state index in [4.69, 9.17) is 9.40 Å². The summed E-state index contributed by atoms with van der Waals surface area (Å²) in [7, 11) is 0. The zero-order valence-corrected chi connectivity index (χ0v) is 51.0. The first kappa shape index (κ1) is 64.1. The number of nitrogens with zero attached hydrogens (tertiary/aromatic N) is 4. The molecule has 3 atom stereocenters. The molecule has 1 aliphatic carbocycles. The van der Waals surface area contributed by atoms with Gasteiger partial charge >= 0.3 is 0 Å². The molecule has 420 valence electrons. The Balaban J connectivity index is 0.000000218. The summed E-state index contributed by atoms with van der Waals surface area (Å²) in [6.07, 6.45) is 25.4. The van der Waals surface area contributed by atoms with E-state index < -0.39 is 0 Å². The number of Topliss-reactive ketones (excluding diaryl/α,β-unsaturated/α-hetero) is 1. The second-order valence-electron chi connectivity index (χ2n) is 24.9. The molecule has 1 saturated carbocycles. The highest BCUT2D eigenvalue weighted by Gasteiger charge is 2.35. The summed E-state index contributed by atoms with van der Waals surface area (Å²) in [6, 6.07) is 31.4. The van der Waals surface area contributed by atoms with Crippen LogP contribution >= 0.6 is 11.8 Å². The van der Waals surface area contributed by atoms with Gasteiger partial charge in [0.1, 0.15) is 11.5 Å². The van der Waals surface area contributed by atoms with Gasteiger partial charge in [-0.05, 0) is 110 Å². The quantitative estimate of drug-likeness (QED) is 0.0617. The Morgan fingerprint density at radius 1 is 0.680 bits per heavy atom. The number of piperidine rings is 1. The molecule has 1 aromatic heterocycles. The Bertz CT molecular complexity index is 2010. The maximum atomic E-state index is 12.2. The second-order valence-corrected chi connectivity index (χ2v) is 26.7. The minimum atomic E-state index is 0.0623. The minimum Gasteiger partial charge on any atom is -0.431 e. The molecule has 2 aliphatic heterocycles. The molecule has 0 bridgehead atoms. The number of aromatic nitrogens is 1. The molecule has 3 fully saturated rings. The number of hydrogen-bond acceptors (Lipinski definition) is 8. The number of benzene rings is 3. The Morgan fingerprint density at radius 2 is 1.21 bits per heavy atom. The highest BCUT2D eigenvalue weighted by Crippen LogP contribution is 2.39. The largest absolute Gasteiger partial charge is 0.431 e. The van der Waals surface area contributed by atoms with E-state index in [1.54, 1.807) is 11.8 Å². The molecule has 3 heterocycles. The molecule has 0 spiro atoms. The molecule has 8 heteroatoms. The maximum absolute atomic E-state index is 12.2. The number of carbonyl (C=O) groups is 1. The number of ketones is 1. The van der Waals surface area contributed by atoms with Crippen LogP contribution in [0.25, 0.3) is 22.6 Å². The summed E-state index contributed by atoms with van der Waals surface area (Å²) in [4.78, 5) is 24.7. The standard InChI is InChI=1S/C19H19NOS.C19H41N.C15H27NO.C14H22N2/c1-19(2,3)22-18-20-16(14-10-6-4-7-11-14)17(21-18)15-12-8-5-9-13-15;1-5-7-9-11-13-15-17-20(19(3)4)18-16-14-12-10-8-6-2;1-15(2,3)10-14(17)13-9-8-11-6-4-5-7-12(11)16-13;1-12(2)15-8-10-16(11-9-15)14-6-4-13(3)5-7-14/h4-13H,1-3H3;19H,5-18H2,1-4H3;11-13,16H,4-10H2,1-3H3;4-7,12H,8-11H2,1-3H3/t;;11-,12-,13-;/m..1./s1. The SMILES string of the molecule is CC(C)(C)CC(=O)[C@H]1CC[C@H]2CCCC[C@H]2N1.CC(C)(C)Sc1nc(-c2ccccc2)c(-c2ccccc2)o1.CCCCCCCCN(CCCCCCCC)C(C)C.Cc1ccc(N2CCN(C(C)C)CC2)cc1. The fourth-order valence-electron chi connectivity index (χ4n) is 10.6. The van der Waals surface area contributed by atoms with E-state index in [1.807, 2.05) is 36.4 Å². The first-order valence-corrected chi connectivity index (χ1v) is 31.1. The van der Waals surface area contributed by atoms with Crippen LogP contribution in [0.15, 0.2) is 94.6 Å². The Morgan fingerprint density at radius 3 is 1.73 bits per heavy atom. The van der Waals surface area contributed by atoms with Gasteiger partial charge in [-0.15, -0.1) is 0 Å². The van der Waals surface area contributed by atoms with Crippen molar-refractivity contribution in [3.05, 3.63) is 90.5 Å². The van der Waals surface area contributed by atoms with Crippen molar-refractivity contribution in [3.8, 4) is 22.6 Å². The molecule has 7 nitrogen and oxygen atoms in total. The van der Waals surface area contributed by atoms with Gasteiger partial charge in [-0.25, -0.2) is 4.98 Å². The average molecular weight is 1050 g/mol. The van der Waals surface area contributed by atoms with E-state index in [0.29, 0.717) is 29.5 Å². The highest BCUT2D eigenvalue weighted by atomic mass is 32.2. The number of rotatable bonds is 22. The smallest absolute Gasteiger partial charge is 0.257 e. The van der Waals surface area contributed by atoms with Crippen LogP contribution in [0.3, 0.4) is 0 Å². The number of nitrogens with one attached hydrogen (secondary N) is 1. The molecule has 3 aliphatic rings. The number of oxazole rings is 1. The number of piperazine rings is 1. The van der Waals surface area contributed by atoms with Gasteiger partial charge in [0.05, 0.1) is 6.04 Å². The van der Waals surface area contributed by atoms with E-state index in [0.717, 1.165) is 54.1 Å². The summed E-state index contributed by atoms with van der Waals surface area (Å²) in [5.41, 5.74) is 5.86. The molecule has 2 saturated heterocycles. The van der Waals surface area contributed by atoms with E-state index in [2.05, 4.69) is 159 Å². The van der Waals surface area contributed by atoms with Crippen LogP contribution in [-0.2, 0) is 4.79 Å². The van der Waals surface area contributed by atoms with Gasteiger partial charge < -0.3 is 19.5 Å². The predicted molar refractivity (Wildman–Crippen MR) is 328 cm³/mol. The molecule has 7 rings (SSSR count). The van der Waals surface area contributed by atoms with Gasteiger partial charge in [0, 0.05) is 72.3 Å². The first-order chi connectivity index (χ1) is 35.9. The molecule has 3 aromatic carbocycles. The number of carbonyl (C=O) groups excluding carboxylic acids is 1. The van der Waals surface area contributed by atoms with Crippen molar-refractivity contribution in [2.45, 2.75) is 246 Å². The molecular weight excluding hydrogens is 939 g/mol. The van der Waals surface area contributed by atoms with E-state index in [-0.39, 0.29) is 16.2 Å². The normalized spacial score (nSPS) is 18.1. The Hall–Kier alpha value is -3.43. The lowest BCUT2D eigenvalue weighted by molar-refractivity contribution is -0.124. The van der Waals surface area contributed by atoms with Crippen molar-refractivity contribution < 1.29 is 9.21 Å².